The van der Waals surface area contributed by atoms with Crippen LogP contribution in [0.5, 0.6) is 0 Å². The Kier molecular flexibility index (Phi) is 3.93. The lowest BCUT2D eigenvalue weighted by Gasteiger charge is -2.13. The summed E-state index contributed by atoms with van der Waals surface area (Å²) in [6.45, 7) is -0.00677. The normalized spacial score (nSPS) is 12.9. The number of aromatic nitrogens is 1. The van der Waals surface area contributed by atoms with Gasteiger partial charge >= 0.3 is 0 Å². The van der Waals surface area contributed by atoms with Gasteiger partial charge in [-0.2, -0.15) is 0 Å². The minimum Gasteiger partial charge on any atom is -0.394 e. The van der Waals surface area contributed by atoms with E-state index >= 15 is 0 Å². The SMILES string of the molecule is CN[C@H](CO)c1cc(Cl)nc(Cl)c1. The van der Waals surface area contributed by atoms with Gasteiger partial charge in [-0.3, -0.25) is 0 Å². The van der Waals surface area contributed by atoms with Crippen molar-refractivity contribution in [2.24, 2.45) is 0 Å². The third-order valence-corrected chi connectivity index (χ3v) is 2.11. The van der Waals surface area contributed by atoms with Gasteiger partial charge in [0.1, 0.15) is 10.3 Å². The smallest absolute Gasteiger partial charge is 0.131 e. The van der Waals surface area contributed by atoms with Gasteiger partial charge in [-0.25, -0.2) is 4.98 Å². The highest BCUT2D eigenvalue weighted by Crippen LogP contribution is 2.19. The van der Waals surface area contributed by atoms with E-state index in [9.17, 15) is 0 Å². The maximum Gasteiger partial charge on any atom is 0.131 e. The largest absolute Gasteiger partial charge is 0.394 e. The molecule has 0 aliphatic heterocycles. The van der Waals surface area contributed by atoms with Crippen LogP contribution in [0.15, 0.2) is 12.1 Å². The van der Waals surface area contributed by atoms with Crippen molar-refractivity contribution in [2.45, 2.75) is 6.04 Å². The minimum atomic E-state index is -0.155. The molecule has 1 aromatic rings. The molecule has 0 radical (unpaired) electrons. The molecule has 0 aliphatic carbocycles. The van der Waals surface area contributed by atoms with Gasteiger partial charge in [0.2, 0.25) is 0 Å². The fourth-order valence-electron chi connectivity index (χ4n) is 1.05. The van der Waals surface area contributed by atoms with Crippen LogP contribution < -0.4 is 5.32 Å². The summed E-state index contributed by atoms with van der Waals surface area (Å²) in [6.07, 6.45) is 0. The van der Waals surface area contributed by atoms with E-state index in [2.05, 4.69) is 10.3 Å². The molecule has 1 atom stereocenters. The molecule has 0 unspecified atom stereocenters. The van der Waals surface area contributed by atoms with Crippen LogP contribution in [-0.4, -0.2) is 23.7 Å². The molecule has 0 aliphatic rings. The summed E-state index contributed by atoms with van der Waals surface area (Å²) in [5.74, 6) is 0. The zero-order valence-electron chi connectivity index (χ0n) is 7.09. The zero-order chi connectivity index (χ0) is 9.84. The standard InChI is InChI=1S/C8H10Cl2N2O/c1-11-6(4-13)5-2-7(9)12-8(10)3-5/h2-3,6,11,13H,4H2,1H3/t6-/m1/s1. The molecule has 0 saturated carbocycles. The summed E-state index contributed by atoms with van der Waals surface area (Å²) >= 11 is 11.4. The first-order valence-electron chi connectivity index (χ1n) is 3.78. The van der Waals surface area contributed by atoms with Gasteiger partial charge in [0, 0.05) is 0 Å². The lowest BCUT2D eigenvalue weighted by atomic mass is 10.1. The van der Waals surface area contributed by atoms with E-state index in [0.29, 0.717) is 10.3 Å². The van der Waals surface area contributed by atoms with Crippen molar-refractivity contribution in [2.75, 3.05) is 13.7 Å². The van der Waals surface area contributed by atoms with Crippen LogP contribution in [0.2, 0.25) is 10.3 Å². The van der Waals surface area contributed by atoms with Crippen LogP contribution in [0.4, 0.5) is 0 Å². The summed E-state index contributed by atoms with van der Waals surface area (Å²) in [6, 6.07) is 3.19. The van der Waals surface area contributed by atoms with Gasteiger partial charge in [-0.15, -0.1) is 0 Å². The van der Waals surface area contributed by atoms with Gasteiger partial charge in [-0.1, -0.05) is 23.2 Å². The molecule has 0 bridgehead atoms. The Labute approximate surface area is 86.7 Å². The Hall–Kier alpha value is -0.350. The third kappa shape index (κ3) is 2.81. The van der Waals surface area contributed by atoms with E-state index in [1.807, 2.05) is 0 Å². The number of aliphatic hydroxyl groups excluding tert-OH is 1. The Morgan fingerprint density at radius 1 is 1.46 bits per heavy atom. The molecule has 0 saturated heterocycles. The van der Waals surface area contributed by atoms with Crippen molar-refractivity contribution in [1.82, 2.24) is 10.3 Å². The molecular weight excluding hydrogens is 211 g/mol. The molecule has 0 aromatic carbocycles. The summed E-state index contributed by atoms with van der Waals surface area (Å²) in [5, 5.41) is 12.6. The second-order valence-corrected chi connectivity index (χ2v) is 3.34. The zero-order valence-corrected chi connectivity index (χ0v) is 8.60. The Morgan fingerprint density at radius 3 is 2.38 bits per heavy atom. The molecular formula is C8H10Cl2N2O. The number of hydrogen-bond donors (Lipinski definition) is 2. The Balaban J connectivity index is 2.99. The van der Waals surface area contributed by atoms with E-state index in [1.54, 1.807) is 19.2 Å². The number of likely N-dealkylation sites (N-methyl/N-ethyl adjacent to an activating group) is 1. The first-order chi connectivity index (χ1) is 6.17. The van der Waals surface area contributed by atoms with Crippen molar-refractivity contribution < 1.29 is 5.11 Å². The Bertz CT molecular complexity index is 269. The van der Waals surface area contributed by atoms with Crippen LogP contribution in [-0.2, 0) is 0 Å². The average Bonchev–Trinajstić information content (AvgIpc) is 2.04. The summed E-state index contributed by atoms with van der Waals surface area (Å²) in [5.41, 5.74) is 0.829. The highest BCUT2D eigenvalue weighted by molar-refractivity contribution is 6.32. The van der Waals surface area contributed by atoms with Crippen molar-refractivity contribution in [3.63, 3.8) is 0 Å². The summed E-state index contributed by atoms with van der Waals surface area (Å²) < 4.78 is 0. The topological polar surface area (TPSA) is 45.1 Å². The third-order valence-electron chi connectivity index (χ3n) is 1.72. The summed E-state index contributed by atoms with van der Waals surface area (Å²) in [4.78, 5) is 3.81. The van der Waals surface area contributed by atoms with Crippen molar-refractivity contribution in [1.29, 1.82) is 0 Å². The lowest BCUT2D eigenvalue weighted by Crippen LogP contribution is -2.19. The first kappa shape index (κ1) is 10.7. The fraction of sp³-hybridized carbons (Fsp3) is 0.375. The van der Waals surface area contributed by atoms with Gasteiger partial charge < -0.3 is 10.4 Å². The van der Waals surface area contributed by atoms with Gasteiger partial charge in [0.25, 0.3) is 0 Å². The van der Waals surface area contributed by atoms with Crippen molar-refractivity contribution >= 4 is 23.2 Å². The lowest BCUT2D eigenvalue weighted by molar-refractivity contribution is 0.251. The molecule has 1 aromatic heterocycles. The number of hydrogen-bond acceptors (Lipinski definition) is 3. The highest BCUT2D eigenvalue weighted by atomic mass is 35.5. The van der Waals surface area contributed by atoms with Crippen LogP contribution in [0.3, 0.4) is 0 Å². The van der Waals surface area contributed by atoms with E-state index < -0.39 is 0 Å². The number of nitrogens with one attached hydrogen (secondary N) is 1. The average molecular weight is 221 g/mol. The molecule has 72 valence electrons. The maximum atomic E-state index is 8.99. The van der Waals surface area contributed by atoms with Crippen LogP contribution in [0.1, 0.15) is 11.6 Å². The molecule has 1 heterocycles. The molecule has 13 heavy (non-hydrogen) atoms. The number of rotatable bonds is 3. The van der Waals surface area contributed by atoms with E-state index in [4.69, 9.17) is 28.3 Å². The van der Waals surface area contributed by atoms with E-state index in [-0.39, 0.29) is 12.6 Å². The minimum absolute atomic E-state index is 0.00677. The van der Waals surface area contributed by atoms with Crippen LogP contribution in [0.25, 0.3) is 0 Å². The predicted octanol–water partition coefficient (Wildman–Crippen LogP) is 1.64. The molecule has 3 nitrogen and oxygen atoms in total. The number of nitrogens with zero attached hydrogens (tertiary/aromatic N) is 1. The van der Waals surface area contributed by atoms with Crippen molar-refractivity contribution in [3.8, 4) is 0 Å². The number of aliphatic hydroxyl groups is 1. The van der Waals surface area contributed by atoms with E-state index in [1.165, 1.54) is 0 Å². The first-order valence-corrected chi connectivity index (χ1v) is 4.54. The fourth-order valence-corrected chi connectivity index (χ4v) is 1.53. The Morgan fingerprint density at radius 2 is 2.00 bits per heavy atom. The molecule has 1 rings (SSSR count). The highest BCUT2D eigenvalue weighted by Gasteiger charge is 2.09. The molecule has 0 fully saturated rings. The molecule has 0 spiro atoms. The second-order valence-electron chi connectivity index (χ2n) is 2.57. The van der Waals surface area contributed by atoms with Gasteiger partial charge in [0.15, 0.2) is 0 Å². The number of pyridine rings is 1. The molecule has 0 amide bonds. The van der Waals surface area contributed by atoms with Crippen molar-refractivity contribution in [3.05, 3.63) is 28.0 Å². The second kappa shape index (κ2) is 4.77. The van der Waals surface area contributed by atoms with Gasteiger partial charge in [0.05, 0.1) is 12.6 Å². The monoisotopic (exact) mass is 220 g/mol. The molecule has 5 heteroatoms. The van der Waals surface area contributed by atoms with Gasteiger partial charge in [-0.05, 0) is 24.7 Å². The predicted molar refractivity (Wildman–Crippen MR) is 53.1 cm³/mol. The summed E-state index contributed by atoms with van der Waals surface area (Å²) in [7, 11) is 1.75. The quantitative estimate of drug-likeness (QED) is 0.762. The maximum absolute atomic E-state index is 8.99. The molecule has 2 N–H and O–H groups in total. The van der Waals surface area contributed by atoms with Crippen LogP contribution in [0, 0.1) is 0 Å². The van der Waals surface area contributed by atoms with Crippen LogP contribution >= 0.6 is 23.2 Å². The van der Waals surface area contributed by atoms with E-state index in [0.717, 1.165) is 5.56 Å². The number of halogens is 2.